The third kappa shape index (κ3) is 5.86. The molecule has 0 aliphatic carbocycles. The number of hydrogen-bond donors (Lipinski definition) is 1. The summed E-state index contributed by atoms with van der Waals surface area (Å²) in [7, 11) is 0. The highest BCUT2D eigenvalue weighted by molar-refractivity contribution is 5.97. The lowest BCUT2D eigenvalue weighted by molar-refractivity contribution is -0.385. The predicted octanol–water partition coefficient (Wildman–Crippen LogP) is 3.26. The zero-order chi connectivity index (χ0) is 21.6. The van der Waals surface area contributed by atoms with Crippen LogP contribution in [0.1, 0.15) is 40.1 Å². The fraction of sp³-hybridized carbons (Fsp3) is 0.250. The van der Waals surface area contributed by atoms with Crippen LogP contribution in [0, 0.1) is 17.0 Å². The number of amides is 1. The lowest BCUT2D eigenvalue weighted by Crippen LogP contribution is -2.21. The van der Waals surface area contributed by atoms with E-state index in [1.807, 2.05) is 0 Å². The number of benzene rings is 2. The Morgan fingerprint density at radius 3 is 2.31 bits per heavy atom. The van der Waals surface area contributed by atoms with E-state index in [2.05, 4.69) is 5.32 Å². The van der Waals surface area contributed by atoms with Crippen molar-refractivity contribution in [1.29, 1.82) is 0 Å². The van der Waals surface area contributed by atoms with Crippen molar-refractivity contribution in [2.75, 3.05) is 11.9 Å². The van der Waals surface area contributed by atoms with Gasteiger partial charge in [0.2, 0.25) is 0 Å². The van der Waals surface area contributed by atoms with Crippen LogP contribution in [0.4, 0.5) is 11.4 Å². The molecule has 0 aliphatic rings. The van der Waals surface area contributed by atoms with Gasteiger partial charge in [0, 0.05) is 17.3 Å². The van der Waals surface area contributed by atoms with Crippen molar-refractivity contribution < 1.29 is 28.8 Å². The first-order valence-corrected chi connectivity index (χ1v) is 8.71. The first-order valence-electron chi connectivity index (χ1n) is 8.71. The molecule has 29 heavy (non-hydrogen) atoms. The average Bonchev–Trinajstić information content (AvgIpc) is 2.66. The van der Waals surface area contributed by atoms with Crippen LogP contribution in [0.2, 0.25) is 0 Å². The van der Waals surface area contributed by atoms with Gasteiger partial charge in [-0.25, -0.2) is 9.59 Å². The summed E-state index contributed by atoms with van der Waals surface area (Å²) in [5.74, 6) is -1.91. The van der Waals surface area contributed by atoms with Crippen molar-refractivity contribution in [2.45, 2.75) is 26.9 Å². The van der Waals surface area contributed by atoms with E-state index in [1.54, 1.807) is 13.8 Å². The van der Waals surface area contributed by atoms with Gasteiger partial charge in [-0.1, -0.05) is 6.07 Å². The number of ether oxygens (including phenoxy) is 2. The third-order valence-corrected chi connectivity index (χ3v) is 3.80. The van der Waals surface area contributed by atoms with E-state index in [9.17, 15) is 24.5 Å². The van der Waals surface area contributed by atoms with Gasteiger partial charge in [-0.05, 0) is 51.1 Å². The Labute approximate surface area is 166 Å². The Kier molecular flexibility index (Phi) is 7.02. The van der Waals surface area contributed by atoms with Crippen molar-refractivity contribution in [3.8, 4) is 0 Å². The van der Waals surface area contributed by atoms with Crippen molar-refractivity contribution in [2.24, 2.45) is 0 Å². The normalized spacial score (nSPS) is 10.3. The molecule has 0 saturated heterocycles. The van der Waals surface area contributed by atoms with E-state index in [0.717, 1.165) is 0 Å². The van der Waals surface area contributed by atoms with Crippen molar-refractivity contribution >= 4 is 29.2 Å². The van der Waals surface area contributed by atoms with E-state index in [0.29, 0.717) is 11.3 Å². The smallest absolute Gasteiger partial charge is 0.339 e. The first kappa shape index (κ1) is 21.5. The standard InChI is InChI=1S/C20H20N2O7/c1-12(2)29-19(24)14-7-9-15(10-8-14)21-18(23)11-28-20(25)16-5-4-6-17(13(16)3)22(26)27/h4-10,12H,11H2,1-3H3,(H,21,23). The summed E-state index contributed by atoms with van der Waals surface area (Å²) >= 11 is 0. The molecule has 0 atom stereocenters. The van der Waals surface area contributed by atoms with Crippen LogP contribution >= 0.6 is 0 Å². The molecule has 9 heteroatoms. The van der Waals surface area contributed by atoms with Gasteiger partial charge in [0.05, 0.1) is 22.2 Å². The van der Waals surface area contributed by atoms with Gasteiger partial charge in [-0.2, -0.15) is 0 Å². The van der Waals surface area contributed by atoms with E-state index in [-0.39, 0.29) is 22.9 Å². The number of nitrogens with zero attached hydrogens (tertiary/aromatic N) is 1. The molecule has 0 aromatic heterocycles. The highest BCUT2D eigenvalue weighted by atomic mass is 16.6. The van der Waals surface area contributed by atoms with Crippen LogP contribution in [-0.2, 0) is 14.3 Å². The molecule has 1 amide bonds. The van der Waals surface area contributed by atoms with Gasteiger partial charge in [0.25, 0.3) is 11.6 Å². The first-order chi connectivity index (χ1) is 13.7. The van der Waals surface area contributed by atoms with Gasteiger partial charge in [0.1, 0.15) is 0 Å². The molecule has 0 fully saturated rings. The van der Waals surface area contributed by atoms with Crippen molar-refractivity contribution in [3.05, 3.63) is 69.3 Å². The molecule has 9 nitrogen and oxygen atoms in total. The Morgan fingerprint density at radius 2 is 1.72 bits per heavy atom. The molecule has 0 aliphatic heterocycles. The zero-order valence-electron chi connectivity index (χ0n) is 16.1. The topological polar surface area (TPSA) is 125 Å². The number of nitro benzene ring substituents is 1. The number of carbonyl (C=O) groups is 3. The van der Waals surface area contributed by atoms with Crippen LogP contribution in [0.25, 0.3) is 0 Å². The second-order valence-corrected chi connectivity index (χ2v) is 6.36. The fourth-order valence-electron chi connectivity index (χ4n) is 2.42. The zero-order valence-corrected chi connectivity index (χ0v) is 16.1. The molecule has 0 spiro atoms. The minimum absolute atomic E-state index is 0.0139. The van der Waals surface area contributed by atoms with Gasteiger partial charge in [-0.3, -0.25) is 14.9 Å². The Bertz CT molecular complexity index is 936. The Balaban J connectivity index is 1.93. The quantitative estimate of drug-likeness (QED) is 0.429. The summed E-state index contributed by atoms with van der Waals surface area (Å²) in [6.45, 7) is 4.34. The molecule has 1 N–H and O–H groups in total. The van der Waals surface area contributed by atoms with Gasteiger partial charge in [-0.15, -0.1) is 0 Å². The van der Waals surface area contributed by atoms with Gasteiger partial charge < -0.3 is 14.8 Å². The Morgan fingerprint density at radius 1 is 1.07 bits per heavy atom. The maximum Gasteiger partial charge on any atom is 0.339 e. The number of rotatable bonds is 7. The van der Waals surface area contributed by atoms with Crippen LogP contribution in [0.15, 0.2) is 42.5 Å². The predicted molar refractivity (Wildman–Crippen MR) is 104 cm³/mol. The summed E-state index contributed by atoms with van der Waals surface area (Å²) in [5.41, 5.74) is 0.703. The Hall–Kier alpha value is -3.75. The monoisotopic (exact) mass is 400 g/mol. The molecule has 0 bridgehead atoms. The average molecular weight is 400 g/mol. The van der Waals surface area contributed by atoms with Crippen molar-refractivity contribution in [3.63, 3.8) is 0 Å². The van der Waals surface area contributed by atoms with Gasteiger partial charge in [0.15, 0.2) is 6.61 Å². The second-order valence-electron chi connectivity index (χ2n) is 6.36. The van der Waals surface area contributed by atoms with Crippen molar-refractivity contribution in [1.82, 2.24) is 0 Å². The highest BCUT2D eigenvalue weighted by Gasteiger charge is 2.19. The summed E-state index contributed by atoms with van der Waals surface area (Å²) in [4.78, 5) is 46.2. The number of hydrogen-bond acceptors (Lipinski definition) is 7. The number of carbonyl (C=O) groups excluding carboxylic acids is 3. The van der Waals surface area contributed by atoms with E-state index in [1.165, 1.54) is 49.4 Å². The number of anilines is 1. The summed E-state index contributed by atoms with van der Waals surface area (Å²) in [6, 6.07) is 10.1. The lowest BCUT2D eigenvalue weighted by atomic mass is 10.1. The molecule has 0 heterocycles. The molecule has 0 saturated carbocycles. The number of nitrogens with one attached hydrogen (secondary N) is 1. The molecule has 0 unspecified atom stereocenters. The third-order valence-electron chi connectivity index (χ3n) is 3.80. The fourth-order valence-corrected chi connectivity index (χ4v) is 2.42. The minimum atomic E-state index is -0.840. The minimum Gasteiger partial charge on any atom is -0.459 e. The molecular weight excluding hydrogens is 380 g/mol. The highest BCUT2D eigenvalue weighted by Crippen LogP contribution is 2.21. The van der Waals surface area contributed by atoms with Crippen LogP contribution in [0.3, 0.4) is 0 Å². The summed E-state index contributed by atoms with van der Waals surface area (Å²) < 4.78 is 10.0. The van der Waals surface area contributed by atoms with E-state index >= 15 is 0 Å². The maximum atomic E-state index is 12.1. The van der Waals surface area contributed by atoms with E-state index in [4.69, 9.17) is 9.47 Å². The molecule has 2 rings (SSSR count). The summed E-state index contributed by atoms with van der Waals surface area (Å²) in [5, 5.41) is 13.5. The van der Waals surface area contributed by atoms with Crippen LogP contribution in [0.5, 0.6) is 0 Å². The number of esters is 2. The van der Waals surface area contributed by atoms with Gasteiger partial charge >= 0.3 is 11.9 Å². The molecular formula is C20H20N2O7. The summed E-state index contributed by atoms with van der Waals surface area (Å²) in [6.07, 6.45) is -0.244. The number of nitro groups is 1. The molecule has 2 aromatic carbocycles. The molecule has 152 valence electrons. The van der Waals surface area contributed by atoms with E-state index < -0.39 is 29.4 Å². The molecule has 2 aromatic rings. The maximum absolute atomic E-state index is 12.1. The molecule has 0 radical (unpaired) electrons. The largest absolute Gasteiger partial charge is 0.459 e. The SMILES string of the molecule is Cc1c(C(=O)OCC(=O)Nc2ccc(C(=O)OC(C)C)cc2)cccc1[N+](=O)[O-]. The van der Waals surface area contributed by atoms with Crippen LogP contribution in [-0.4, -0.2) is 35.5 Å². The second kappa shape index (κ2) is 9.45. The van der Waals surface area contributed by atoms with Crippen LogP contribution < -0.4 is 5.32 Å². The lowest BCUT2D eigenvalue weighted by Gasteiger charge is -2.10.